The average molecular weight is 470 g/mol. The van der Waals surface area contributed by atoms with Gasteiger partial charge in [0.2, 0.25) is 0 Å². The fourth-order valence-electron chi connectivity index (χ4n) is 4.01. The van der Waals surface area contributed by atoms with E-state index in [0.29, 0.717) is 29.8 Å². The Kier molecular flexibility index (Phi) is 5.41. The van der Waals surface area contributed by atoms with E-state index in [2.05, 4.69) is 20.1 Å². The average Bonchev–Trinajstić information content (AvgIpc) is 3.74. The highest BCUT2D eigenvalue weighted by Gasteiger charge is 2.42. The molecule has 5 rings (SSSR count). The second kappa shape index (κ2) is 8.18. The molecule has 2 fully saturated rings. The summed E-state index contributed by atoms with van der Waals surface area (Å²) in [6.07, 6.45) is 3.71. The van der Waals surface area contributed by atoms with E-state index in [-0.39, 0.29) is 11.0 Å². The number of carbonyl (C=O) groups is 1. The molecule has 7 nitrogen and oxygen atoms in total. The van der Waals surface area contributed by atoms with E-state index in [9.17, 15) is 18.0 Å². The minimum atomic E-state index is -4.53. The Balaban J connectivity index is 1.48. The van der Waals surface area contributed by atoms with Crippen molar-refractivity contribution in [2.45, 2.75) is 57.2 Å². The normalized spacial score (nSPS) is 17.9. The molecule has 10 heteroatoms. The van der Waals surface area contributed by atoms with E-state index in [1.54, 1.807) is 36.4 Å². The fraction of sp³-hybridized carbons (Fsp3) is 0.458. The molecule has 0 N–H and O–H groups in total. The minimum absolute atomic E-state index is 0.0521. The number of alkyl halides is 3. The van der Waals surface area contributed by atoms with Crippen LogP contribution in [-0.2, 0) is 11.6 Å². The second-order valence-electron chi connectivity index (χ2n) is 9.53. The lowest BCUT2D eigenvalue weighted by Crippen LogP contribution is -2.36. The first-order valence-corrected chi connectivity index (χ1v) is 11.4. The van der Waals surface area contributed by atoms with Gasteiger partial charge in [-0.25, -0.2) is 15.0 Å². The van der Waals surface area contributed by atoms with Crippen LogP contribution in [0.1, 0.15) is 72.9 Å². The van der Waals surface area contributed by atoms with Crippen molar-refractivity contribution in [2.75, 3.05) is 6.54 Å². The Hall–Kier alpha value is -3.30. The number of aromatic nitrogens is 5. The highest BCUT2D eigenvalue weighted by atomic mass is 19.4. The molecule has 1 aromatic carbocycles. The van der Waals surface area contributed by atoms with Gasteiger partial charge < -0.3 is 4.90 Å². The molecule has 2 saturated carbocycles. The first-order chi connectivity index (χ1) is 16.1. The number of benzene rings is 1. The Bertz CT molecular complexity index is 1180. The van der Waals surface area contributed by atoms with E-state index >= 15 is 0 Å². The maximum Gasteiger partial charge on any atom is 0.416 e. The predicted molar refractivity (Wildman–Crippen MR) is 117 cm³/mol. The number of hydrogen-bond acceptors (Lipinski definition) is 5. The fourth-order valence-corrected chi connectivity index (χ4v) is 4.01. The minimum Gasteiger partial charge on any atom is -0.328 e. The van der Waals surface area contributed by atoms with E-state index in [4.69, 9.17) is 0 Å². The van der Waals surface area contributed by atoms with Gasteiger partial charge in [0, 0.05) is 24.5 Å². The monoisotopic (exact) mass is 470 g/mol. The van der Waals surface area contributed by atoms with Crippen molar-refractivity contribution in [3.05, 3.63) is 65.5 Å². The molecule has 0 aliphatic heterocycles. The third-order valence-electron chi connectivity index (χ3n) is 6.72. The number of halogens is 3. The standard InChI is InChI=1S/C24H25F3N6O/c1-15(20-30-14-33(31-20)22-28-8-3-9-29-22)32(13-16-4-5-16)21(34)17-10-18(23(2)6-7-23)12-19(11-17)24(25,26)27/h3,8-12,14-16H,4-7,13H2,1-2H3. The molecule has 0 bridgehead atoms. The van der Waals surface area contributed by atoms with Crippen molar-refractivity contribution in [3.8, 4) is 5.95 Å². The molecule has 1 amide bonds. The Morgan fingerprint density at radius 2 is 1.88 bits per heavy atom. The molecule has 34 heavy (non-hydrogen) atoms. The van der Waals surface area contributed by atoms with Crippen LogP contribution < -0.4 is 0 Å². The van der Waals surface area contributed by atoms with Crippen molar-refractivity contribution >= 4 is 5.91 Å². The molecule has 0 saturated heterocycles. The Morgan fingerprint density at radius 3 is 2.50 bits per heavy atom. The maximum atomic E-state index is 13.7. The van der Waals surface area contributed by atoms with E-state index < -0.39 is 23.7 Å². The summed E-state index contributed by atoms with van der Waals surface area (Å²) in [7, 11) is 0. The number of carbonyl (C=O) groups excluding carboxylic acids is 1. The van der Waals surface area contributed by atoms with Gasteiger partial charge in [-0.05, 0) is 73.8 Å². The van der Waals surface area contributed by atoms with Crippen LogP contribution in [0.15, 0.2) is 43.0 Å². The molecular formula is C24H25F3N6O. The molecule has 2 heterocycles. The molecule has 2 aliphatic carbocycles. The highest BCUT2D eigenvalue weighted by Crippen LogP contribution is 2.49. The van der Waals surface area contributed by atoms with Crippen LogP contribution in [0, 0.1) is 5.92 Å². The van der Waals surface area contributed by atoms with Crippen LogP contribution in [0.25, 0.3) is 5.95 Å². The first-order valence-electron chi connectivity index (χ1n) is 11.4. The summed E-state index contributed by atoms with van der Waals surface area (Å²) in [6.45, 7) is 4.17. The maximum absolute atomic E-state index is 13.7. The number of rotatable bonds is 7. The summed E-state index contributed by atoms with van der Waals surface area (Å²) in [5, 5.41) is 4.44. The van der Waals surface area contributed by atoms with Crippen LogP contribution in [0.3, 0.4) is 0 Å². The number of hydrogen-bond donors (Lipinski definition) is 0. The van der Waals surface area contributed by atoms with Gasteiger partial charge in [0.1, 0.15) is 6.33 Å². The van der Waals surface area contributed by atoms with Gasteiger partial charge in [0.15, 0.2) is 5.82 Å². The largest absolute Gasteiger partial charge is 0.416 e. The summed E-state index contributed by atoms with van der Waals surface area (Å²) in [5.41, 5.74) is -0.479. The Morgan fingerprint density at radius 1 is 1.18 bits per heavy atom. The Labute approximate surface area is 195 Å². The van der Waals surface area contributed by atoms with Gasteiger partial charge in [-0.2, -0.15) is 17.9 Å². The lowest BCUT2D eigenvalue weighted by Gasteiger charge is -2.28. The number of amides is 1. The van der Waals surface area contributed by atoms with E-state index in [1.165, 1.54) is 17.1 Å². The van der Waals surface area contributed by atoms with E-state index in [0.717, 1.165) is 31.7 Å². The molecule has 3 aromatic rings. The van der Waals surface area contributed by atoms with Crippen LogP contribution in [-0.4, -0.2) is 42.1 Å². The summed E-state index contributed by atoms with van der Waals surface area (Å²) in [6, 6.07) is 4.93. The van der Waals surface area contributed by atoms with Crippen LogP contribution in [0.4, 0.5) is 13.2 Å². The van der Waals surface area contributed by atoms with Gasteiger partial charge in [0.05, 0.1) is 11.6 Å². The van der Waals surface area contributed by atoms with Crippen LogP contribution in [0.2, 0.25) is 0 Å². The van der Waals surface area contributed by atoms with Gasteiger partial charge in [-0.3, -0.25) is 4.79 Å². The predicted octanol–water partition coefficient (Wildman–Crippen LogP) is 4.74. The third-order valence-corrected chi connectivity index (χ3v) is 6.72. The molecule has 1 atom stereocenters. The van der Waals surface area contributed by atoms with Crippen molar-refractivity contribution in [1.82, 2.24) is 29.6 Å². The highest BCUT2D eigenvalue weighted by molar-refractivity contribution is 5.95. The lowest BCUT2D eigenvalue weighted by molar-refractivity contribution is -0.137. The zero-order chi connectivity index (χ0) is 24.1. The summed E-state index contributed by atoms with van der Waals surface area (Å²) in [4.78, 5) is 27.9. The van der Waals surface area contributed by atoms with Crippen LogP contribution >= 0.6 is 0 Å². The van der Waals surface area contributed by atoms with Crippen molar-refractivity contribution in [2.24, 2.45) is 5.92 Å². The molecule has 2 aromatic heterocycles. The molecular weight excluding hydrogens is 445 g/mol. The van der Waals surface area contributed by atoms with Gasteiger partial charge in [-0.15, -0.1) is 5.10 Å². The SMILES string of the molecule is CC(c1ncn(-c2ncccn2)n1)N(CC1CC1)C(=O)c1cc(C(F)(F)F)cc(C2(C)CC2)c1. The molecule has 0 spiro atoms. The van der Waals surface area contributed by atoms with E-state index in [1.807, 2.05) is 6.92 Å². The first kappa shape index (κ1) is 22.5. The van der Waals surface area contributed by atoms with Gasteiger partial charge in [0.25, 0.3) is 11.9 Å². The van der Waals surface area contributed by atoms with Crippen molar-refractivity contribution < 1.29 is 18.0 Å². The molecule has 178 valence electrons. The van der Waals surface area contributed by atoms with Gasteiger partial charge >= 0.3 is 6.18 Å². The lowest BCUT2D eigenvalue weighted by atomic mass is 9.93. The quantitative estimate of drug-likeness (QED) is 0.499. The second-order valence-corrected chi connectivity index (χ2v) is 9.53. The zero-order valence-corrected chi connectivity index (χ0v) is 19.0. The van der Waals surface area contributed by atoms with Crippen molar-refractivity contribution in [1.29, 1.82) is 0 Å². The molecule has 0 radical (unpaired) electrons. The van der Waals surface area contributed by atoms with Crippen molar-refractivity contribution in [3.63, 3.8) is 0 Å². The third kappa shape index (κ3) is 4.53. The molecule has 1 unspecified atom stereocenters. The van der Waals surface area contributed by atoms with Crippen LogP contribution in [0.5, 0.6) is 0 Å². The summed E-state index contributed by atoms with van der Waals surface area (Å²) in [5.74, 6) is 0.608. The summed E-state index contributed by atoms with van der Waals surface area (Å²) < 4.78 is 42.4. The zero-order valence-electron chi connectivity index (χ0n) is 19.0. The topological polar surface area (TPSA) is 76.8 Å². The molecule has 2 aliphatic rings. The van der Waals surface area contributed by atoms with Gasteiger partial charge in [-0.1, -0.05) is 6.92 Å². The summed E-state index contributed by atoms with van der Waals surface area (Å²) >= 11 is 0. The smallest absolute Gasteiger partial charge is 0.328 e. The number of nitrogens with zero attached hydrogens (tertiary/aromatic N) is 6.